The number of aromatic nitrogens is 1. The number of hydrogen-bond acceptors (Lipinski definition) is 3. The molecule has 4 aromatic rings. The molecule has 31 heavy (non-hydrogen) atoms. The highest BCUT2D eigenvalue weighted by Crippen LogP contribution is 2.31. The van der Waals surface area contributed by atoms with Crippen LogP contribution in [0.2, 0.25) is 10.0 Å². The highest BCUT2D eigenvalue weighted by atomic mass is 35.5. The second kappa shape index (κ2) is 8.58. The number of halogens is 2. The molecule has 1 amide bonds. The van der Waals surface area contributed by atoms with Crippen molar-refractivity contribution in [2.75, 3.05) is 12.4 Å². The number of hydrogen-bond donors (Lipinski definition) is 1. The summed E-state index contributed by atoms with van der Waals surface area (Å²) >= 11 is 12.2. The average molecular weight is 451 g/mol. The number of carbonyl (C=O) groups excluding carboxylic acids is 1. The molecule has 0 fully saturated rings. The van der Waals surface area contributed by atoms with Crippen LogP contribution in [0.1, 0.15) is 21.5 Å². The average Bonchev–Trinajstić information content (AvgIpc) is 2.75. The molecule has 0 unspecified atom stereocenters. The van der Waals surface area contributed by atoms with Crippen molar-refractivity contribution in [3.05, 3.63) is 87.4 Å². The molecule has 4 nitrogen and oxygen atoms in total. The highest BCUT2D eigenvalue weighted by molar-refractivity contribution is 6.37. The molecule has 0 aliphatic carbocycles. The fraction of sp³-hybridized carbons (Fsp3) is 0.120. The van der Waals surface area contributed by atoms with Crippen molar-refractivity contribution in [2.45, 2.75) is 13.8 Å². The summed E-state index contributed by atoms with van der Waals surface area (Å²) in [5.74, 6) is 0.489. The van der Waals surface area contributed by atoms with Crippen LogP contribution in [0.4, 0.5) is 5.69 Å². The Labute approximate surface area is 190 Å². The van der Waals surface area contributed by atoms with Crippen LogP contribution in [-0.2, 0) is 0 Å². The van der Waals surface area contributed by atoms with E-state index in [-0.39, 0.29) is 5.91 Å². The number of rotatable bonds is 4. The van der Waals surface area contributed by atoms with E-state index in [1.165, 1.54) is 0 Å². The predicted molar refractivity (Wildman–Crippen MR) is 128 cm³/mol. The van der Waals surface area contributed by atoms with Crippen molar-refractivity contribution in [2.24, 2.45) is 0 Å². The molecule has 6 heteroatoms. The third kappa shape index (κ3) is 4.36. The van der Waals surface area contributed by atoms with Crippen molar-refractivity contribution in [1.29, 1.82) is 0 Å². The number of methoxy groups -OCH3 is 1. The number of ether oxygens (including phenoxy) is 1. The largest absolute Gasteiger partial charge is 0.497 e. The highest BCUT2D eigenvalue weighted by Gasteiger charge is 2.17. The van der Waals surface area contributed by atoms with Crippen LogP contribution in [-0.4, -0.2) is 18.0 Å². The minimum atomic E-state index is -0.267. The number of fused-ring (bicyclic) bond motifs is 1. The second-order valence-electron chi connectivity index (χ2n) is 7.34. The molecule has 1 N–H and O–H groups in total. The molecular weight excluding hydrogens is 431 g/mol. The number of benzene rings is 3. The quantitative estimate of drug-likeness (QED) is 0.361. The van der Waals surface area contributed by atoms with Crippen molar-refractivity contribution in [1.82, 2.24) is 4.98 Å². The molecule has 1 heterocycles. The predicted octanol–water partition coefficient (Wildman–Crippen LogP) is 7.09. The molecule has 0 radical (unpaired) electrons. The lowest BCUT2D eigenvalue weighted by molar-refractivity contribution is 0.102. The molecule has 4 rings (SSSR count). The third-order valence-corrected chi connectivity index (χ3v) is 5.61. The van der Waals surface area contributed by atoms with E-state index in [2.05, 4.69) is 11.4 Å². The Morgan fingerprint density at radius 3 is 2.39 bits per heavy atom. The van der Waals surface area contributed by atoms with Gasteiger partial charge in [-0.15, -0.1) is 0 Å². The molecule has 0 saturated carbocycles. The van der Waals surface area contributed by atoms with Gasteiger partial charge in [0.15, 0.2) is 0 Å². The first-order valence-corrected chi connectivity index (χ1v) is 10.4. The van der Waals surface area contributed by atoms with Crippen LogP contribution in [0.5, 0.6) is 5.75 Å². The van der Waals surface area contributed by atoms with Crippen LogP contribution in [0, 0.1) is 13.8 Å². The van der Waals surface area contributed by atoms with Gasteiger partial charge in [-0.1, -0.05) is 34.8 Å². The summed E-state index contributed by atoms with van der Waals surface area (Å²) in [4.78, 5) is 18.2. The van der Waals surface area contributed by atoms with Gasteiger partial charge >= 0.3 is 0 Å². The topological polar surface area (TPSA) is 51.2 Å². The van der Waals surface area contributed by atoms with Gasteiger partial charge in [0.05, 0.1) is 34.6 Å². The number of anilines is 1. The van der Waals surface area contributed by atoms with Gasteiger partial charge in [0.1, 0.15) is 5.75 Å². The standard InChI is InChI=1S/C25H20Cl2N2O2/c1-14-10-15(2)24-19(11-14)20(25(30)29-22-9-6-17(26)12-21(22)27)13-23(28-24)16-4-7-18(31-3)8-5-16/h4-13H,1-3H3,(H,29,30). The van der Waals surface area contributed by atoms with E-state index in [1.807, 2.05) is 50.2 Å². The van der Waals surface area contributed by atoms with E-state index in [0.717, 1.165) is 33.3 Å². The Kier molecular flexibility index (Phi) is 5.86. The van der Waals surface area contributed by atoms with Crippen LogP contribution in [0.3, 0.4) is 0 Å². The van der Waals surface area contributed by atoms with Crippen LogP contribution in [0.15, 0.2) is 60.7 Å². The van der Waals surface area contributed by atoms with E-state index in [9.17, 15) is 4.79 Å². The summed E-state index contributed by atoms with van der Waals surface area (Å²) in [6.07, 6.45) is 0. The van der Waals surface area contributed by atoms with Crippen molar-refractivity contribution in [3.63, 3.8) is 0 Å². The summed E-state index contributed by atoms with van der Waals surface area (Å²) in [6.45, 7) is 4.00. The number of pyridine rings is 1. The maximum atomic E-state index is 13.3. The van der Waals surface area contributed by atoms with Gasteiger partial charge in [0.2, 0.25) is 0 Å². The third-order valence-electron chi connectivity index (χ3n) is 5.06. The maximum absolute atomic E-state index is 13.3. The summed E-state index contributed by atoms with van der Waals surface area (Å²) in [7, 11) is 1.62. The SMILES string of the molecule is COc1ccc(-c2cc(C(=O)Nc3ccc(Cl)cc3Cl)c3cc(C)cc(C)c3n2)cc1. The zero-order chi connectivity index (χ0) is 22.1. The fourth-order valence-electron chi connectivity index (χ4n) is 3.56. The number of aryl methyl sites for hydroxylation is 2. The van der Waals surface area contributed by atoms with Crippen LogP contribution < -0.4 is 10.1 Å². The van der Waals surface area contributed by atoms with Gasteiger partial charge in [-0.05, 0) is 74.0 Å². The Balaban J connectivity index is 1.86. The molecule has 1 aromatic heterocycles. The maximum Gasteiger partial charge on any atom is 0.256 e. The first-order chi connectivity index (χ1) is 14.9. The normalized spacial score (nSPS) is 10.9. The molecule has 0 saturated heterocycles. The van der Waals surface area contributed by atoms with Crippen LogP contribution in [0.25, 0.3) is 22.2 Å². The second-order valence-corrected chi connectivity index (χ2v) is 8.18. The van der Waals surface area contributed by atoms with Gasteiger partial charge in [-0.25, -0.2) is 4.98 Å². The first kappa shape index (κ1) is 21.2. The molecule has 0 bridgehead atoms. The van der Waals surface area contributed by atoms with Gasteiger partial charge in [0.25, 0.3) is 5.91 Å². The van der Waals surface area contributed by atoms with E-state index in [1.54, 1.807) is 25.3 Å². The number of carbonyl (C=O) groups is 1. The van der Waals surface area contributed by atoms with E-state index in [4.69, 9.17) is 32.9 Å². The molecular formula is C25H20Cl2N2O2. The van der Waals surface area contributed by atoms with E-state index >= 15 is 0 Å². The fourth-order valence-corrected chi connectivity index (χ4v) is 4.01. The summed E-state index contributed by atoms with van der Waals surface area (Å²) in [5.41, 5.74) is 5.46. The summed E-state index contributed by atoms with van der Waals surface area (Å²) in [5, 5.41) is 4.58. The lowest BCUT2D eigenvalue weighted by atomic mass is 9.99. The number of amides is 1. The molecule has 156 valence electrons. The van der Waals surface area contributed by atoms with E-state index in [0.29, 0.717) is 27.0 Å². The lowest BCUT2D eigenvalue weighted by Gasteiger charge is -2.14. The molecule has 0 aliphatic heterocycles. The Hall–Kier alpha value is -3.08. The summed E-state index contributed by atoms with van der Waals surface area (Å²) < 4.78 is 5.25. The van der Waals surface area contributed by atoms with Gasteiger partial charge in [0, 0.05) is 16.0 Å². The van der Waals surface area contributed by atoms with Gasteiger partial charge in [-0.3, -0.25) is 4.79 Å². The first-order valence-electron chi connectivity index (χ1n) is 9.68. The molecule has 0 aliphatic rings. The molecule has 0 spiro atoms. The van der Waals surface area contributed by atoms with Gasteiger partial charge in [-0.2, -0.15) is 0 Å². The number of nitrogens with one attached hydrogen (secondary N) is 1. The Morgan fingerprint density at radius 2 is 1.71 bits per heavy atom. The minimum absolute atomic E-state index is 0.267. The zero-order valence-electron chi connectivity index (χ0n) is 17.3. The Morgan fingerprint density at radius 1 is 0.968 bits per heavy atom. The van der Waals surface area contributed by atoms with Crippen molar-refractivity contribution < 1.29 is 9.53 Å². The lowest BCUT2D eigenvalue weighted by Crippen LogP contribution is -2.13. The monoisotopic (exact) mass is 450 g/mol. The Bertz CT molecular complexity index is 1300. The summed E-state index contributed by atoms with van der Waals surface area (Å²) in [6, 6.07) is 18.4. The van der Waals surface area contributed by atoms with Gasteiger partial charge < -0.3 is 10.1 Å². The smallest absolute Gasteiger partial charge is 0.256 e. The molecule has 0 atom stereocenters. The minimum Gasteiger partial charge on any atom is -0.497 e. The number of nitrogens with zero attached hydrogens (tertiary/aromatic N) is 1. The van der Waals surface area contributed by atoms with Crippen molar-refractivity contribution in [3.8, 4) is 17.0 Å². The van der Waals surface area contributed by atoms with E-state index < -0.39 is 0 Å². The molecule has 3 aromatic carbocycles. The van der Waals surface area contributed by atoms with Crippen LogP contribution >= 0.6 is 23.2 Å². The zero-order valence-corrected chi connectivity index (χ0v) is 18.8. The van der Waals surface area contributed by atoms with Crippen molar-refractivity contribution >= 4 is 45.7 Å².